The molecule has 0 saturated carbocycles. The summed E-state index contributed by atoms with van der Waals surface area (Å²) in [6.07, 6.45) is 0.727. The monoisotopic (exact) mass is 441 g/mol. The fourth-order valence-corrected chi connectivity index (χ4v) is 4.93. The van der Waals surface area contributed by atoms with E-state index >= 15 is 4.39 Å². The third-order valence-electron chi connectivity index (χ3n) is 4.47. The van der Waals surface area contributed by atoms with Gasteiger partial charge in [0.2, 0.25) is 10.0 Å². The van der Waals surface area contributed by atoms with Crippen LogP contribution in [0.25, 0.3) is 11.1 Å². The summed E-state index contributed by atoms with van der Waals surface area (Å²) in [6, 6.07) is 10.2. The lowest BCUT2D eigenvalue weighted by molar-refractivity contribution is 0.250. The molecule has 31 heavy (non-hydrogen) atoms. The van der Waals surface area contributed by atoms with Crippen molar-refractivity contribution < 1.29 is 17.6 Å². The van der Waals surface area contributed by atoms with Gasteiger partial charge in [-0.1, -0.05) is 24.3 Å². The molecule has 2 N–H and O–H groups in total. The summed E-state index contributed by atoms with van der Waals surface area (Å²) in [7, 11) is -3.83. The zero-order valence-electron chi connectivity index (χ0n) is 17.0. The minimum absolute atomic E-state index is 0.0568. The zero-order chi connectivity index (χ0) is 22.4. The van der Waals surface area contributed by atoms with Gasteiger partial charge in [-0.05, 0) is 44.5 Å². The number of nitrogens with one attached hydrogen (secondary N) is 2. The number of aliphatic imine (C=N–C) groups is 3. The molecule has 0 fully saturated rings. The number of benzene rings is 2. The summed E-state index contributed by atoms with van der Waals surface area (Å²) in [5.74, 6) is -0.425. The highest BCUT2D eigenvalue weighted by molar-refractivity contribution is 7.89. The van der Waals surface area contributed by atoms with Gasteiger partial charge in [0.1, 0.15) is 5.82 Å². The molecular weight excluding hydrogens is 421 g/mol. The molecule has 1 atom stereocenters. The molecule has 0 radical (unpaired) electrons. The van der Waals surface area contributed by atoms with E-state index < -0.39 is 33.6 Å². The van der Waals surface area contributed by atoms with Gasteiger partial charge in [-0.15, -0.1) is 0 Å². The van der Waals surface area contributed by atoms with Crippen LogP contribution in [0, 0.1) is 5.82 Å². The second kappa shape index (κ2) is 7.47. The molecule has 2 heterocycles. The second-order valence-corrected chi connectivity index (χ2v) is 9.79. The van der Waals surface area contributed by atoms with E-state index in [2.05, 4.69) is 25.0 Å². The van der Waals surface area contributed by atoms with Gasteiger partial charge in [-0.2, -0.15) is 4.99 Å². The quantitative estimate of drug-likeness (QED) is 0.761. The van der Waals surface area contributed by atoms with Crippen LogP contribution < -0.4 is 10.0 Å². The normalized spacial score (nSPS) is 18.3. The minimum atomic E-state index is -3.83. The van der Waals surface area contributed by atoms with Gasteiger partial charge in [-0.25, -0.2) is 27.3 Å². The number of amidine groups is 1. The van der Waals surface area contributed by atoms with Crippen molar-refractivity contribution in [1.82, 2.24) is 10.0 Å². The molecule has 160 valence electrons. The Labute approximate surface area is 179 Å². The average molecular weight is 441 g/mol. The number of rotatable bonds is 4. The van der Waals surface area contributed by atoms with Crippen molar-refractivity contribution in [3.8, 4) is 11.1 Å². The smallest absolute Gasteiger partial charge is 0.308 e. The third kappa shape index (κ3) is 4.30. The molecule has 2 aliphatic rings. The Morgan fingerprint density at radius 1 is 1.06 bits per heavy atom. The highest BCUT2D eigenvalue weighted by atomic mass is 32.2. The number of fused-ring (bicyclic) bond motifs is 1. The Morgan fingerprint density at radius 2 is 1.81 bits per heavy atom. The predicted octanol–water partition coefficient (Wildman–Crippen LogP) is 2.89. The number of amides is 2. The number of carbonyl (C=O) groups excluding carboxylic acids is 1. The van der Waals surface area contributed by atoms with Crippen molar-refractivity contribution >= 4 is 33.8 Å². The van der Waals surface area contributed by atoms with Gasteiger partial charge in [0.25, 0.3) is 0 Å². The number of nitrogens with zero attached hydrogens (tertiary/aromatic N) is 3. The molecular formula is C21H20FN5O3S. The van der Waals surface area contributed by atoms with Crippen LogP contribution in [0.15, 0.2) is 62.3 Å². The van der Waals surface area contributed by atoms with E-state index in [1.54, 1.807) is 45.0 Å². The Kier molecular flexibility index (Phi) is 5.06. The van der Waals surface area contributed by atoms with E-state index in [1.165, 1.54) is 24.4 Å². The lowest BCUT2D eigenvalue weighted by atomic mass is 10.0. The van der Waals surface area contributed by atoms with E-state index in [-0.39, 0.29) is 22.0 Å². The predicted molar refractivity (Wildman–Crippen MR) is 117 cm³/mol. The van der Waals surface area contributed by atoms with Crippen molar-refractivity contribution in [3.63, 3.8) is 0 Å². The number of hydrogen-bond acceptors (Lipinski definition) is 5. The number of sulfonamides is 1. The standard InChI is InChI=1S/C21H20FN5O3S/c1-21(2,3)27-31(29,30)17-7-5-4-6-13(17)12-8-9-14(15(22)10-12)16-11-23-18-19(24-16)26-20(28)25-18/h4-11,18,27H,1-3H3,(H,25,28). The first-order valence-electron chi connectivity index (χ1n) is 9.48. The molecule has 2 aromatic carbocycles. The van der Waals surface area contributed by atoms with Crippen LogP contribution in [-0.4, -0.2) is 43.9 Å². The summed E-state index contributed by atoms with van der Waals surface area (Å²) in [5.41, 5.74) is 0.500. The van der Waals surface area contributed by atoms with Crippen LogP contribution in [0.5, 0.6) is 0 Å². The first kappa shape index (κ1) is 21.0. The van der Waals surface area contributed by atoms with Crippen LogP contribution >= 0.6 is 0 Å². The lowest BCUT2D eigenvalue weighted by Crippen LogP contribution is -2.40. The summed E-state index contributed by atoms with van der Waals surface area (Å²) < 4.78 is 43.4. The zero-order valence-corrected chi connectivity index (χ0v) is 17.9. The molecule has 0 aliphatic carbocycles. The highest BCUT2D eigenvalue weighted by Crippen LogP contribution is 2.29. The van der Waals surface area contributed by atoms with Crippen molar-refractivity contribution in [2.45, 2.75) is 37.4 Å². The lowest BCUT2D eigenvalue weighted by Gasteiger charge is -2.21. The first-order valence-corrected chi connectivity index (χ1v) is 11.0. The minimum Gasteiger partial charge on any atom is -0.308 e. The number of carbonyl (C=O) groups is 1. The SMILES string of the molecule is CC(C)(C)NS(=O)(=O)c1ccccc1-c1ccc(C2=NC3=NC(=O)NC3N=C2)c(F)c1. The average Bonchev–Trinajstić information content (AvgIpc) is 3.05. The van der Waals surface area contributed by atoms with Gasteiger partial charge < -0.3 is 5.32 Å². The summed E-state index contributed by atoms with van der Waals surface area (Å²) >= 11 is 0. The van der Waals surface area contributed by atoms with E-state index in [1.807, 2.05) is 0 Å². The molecule has 2 amide bonds. The highest BCUT2D eigenvalue weighted by Gasteiger charge is 2.29. The Bertz CT molecular complexity index is 1280. The maximum absolute atomic E-state index is 15.0. The van der Waals surface area contributed by atoms with Crippen LogP contribution in [0.4, 0.5) is 9.18 Å². The molecule has 0 aromatic heterocycles. The van der Waals surface area contributed by atoms with E-state index in [0.717, 1.165) is 0 Å². The maximum Gasteiger partial charge on any atom is 0.344 e. The van der Waals surface area contributed by atoms with Crippen LogP contribution in [0.3, 0.4) is 0 Å². The molecule has 0 spiro atoms. The Morgan fingerprint density at radius 3 is 2.52 bits per heavy atom. The maximum atomic E-state index is 15.0. The molecule has 10 heteroatoms. The van der Waals surface area contributed by atoms with Gasteiger partial charge in [0.15, 0.2) is 12.0 Å². The van der Waals surface area contributed by atoms with Gasteiger partial charge in [0.05, 0.1) is 16.8 Å². The fourth-order valence-electron chi connectivity index (χ4n) is 3.28. The summed E-state index contributed by atoms with van der Waals surface area (Å²) in [6.45, 7) is 5.24. The topological polar surface area (TPSA) is 112 Å². The van der Waals surface area contributed by atoms with Crippen molar-refractivity contribution in [3.05, 3.63) is 53.8 Å². The Balaban J connectivity index is 1.72. The number of hydrogen-bond donors (Lipinski definition) is 2. The van der Waals surface area contributed by atoms with E-state index in [9.17, 15) is 13.2 Å². The molecule has 2 aliphatic heterocycles. The van der Waals surface area contributed by atoms with Crippen molar-refractivity contribution in [2.75, 3.05) is 0 Å². The largest absolute Gasteiger partial charge is 0.344 e. The molecule has 8 nitrogen and oxygen atoms in total. The van der Waals surface area contributed by atoms with Gasteiger partial charge in [0, 0.05) is 16.7 Å². The second-order valence-electron chi connectivity index (χ2n) is 8.14. The molecule has 0 bridgehead atoms. The molecule has 4 rings (SSSR count). The molecule has 2 aromatic rings. The van der Waals surface area contributed by atoms with Gasteiger partial charge >= 0.3 is 6.03 Å². The van der Waals surface area contributed by atoms with Crippen LogP contribution in [0.1, 0.15) is 26.3 Å². The van der Waals surface area contributed by atoms with E-state index in [4.69, 9.17) is 0 Å². The van der Waals surface area contributed by atoms with Crippen molar-refractivity contribution in [2.24, 2.45) is 15.0 Å². The fraction of sp³-hybridized carbons (Fsp3) is 0.238. The molecule has 1 unspecified atom stereocenters. The van der Waals surface area contributed by atoms with Crippen LogP contribution in [0.2, 0.25) is 0 Å². The van der Waals surface area contributed by atoms with Gasteiger partial charge in [-0.3, -0.25) is 4.99 Å². The third-order valence-corrected chi connectivity index (χ3v) is 6.29. The molecule has 0 saturated heterocycles. The first-order chi connectivity index (χ1) is 14.5. The number of halogens is 1. The van der Waals surface area contributed by atoms with Crippen molar-refractivity contribution in [1.29, 1.82) is 0 Å². The summed E-state index contributed by atoms with van der Waals surface area (Å²) in [5, 5.41) is 2.51. The summed E-state index contributed by atoms with van der Waals surface area (Å²) in [4.78, 5) is 23.5. The van der Waals surface area contributed by atoms with Crippen LogP contribution in [-0.2, 0) is 10.0 Å². The van der Waals surface area contributed by atoms with E-state index in [0.29, 0.717) is 11.1 Å². The number of urea groups is 1. The Hall–Kier alpha value is -3.24.